The van der Waals surface area contributed by atoms with E-state index in [9.17, 15) is 5.26 Å². The Bertz CT molecular complexity index is 666. The number of pyridine rings is 1. The Morgan fingerprint density at radius 3 is 2.18 bits per heavy atom. The van der Waals surface area contributed by atoms with E-state index in [-0.39, 0.29) is 0 Å². The second-order valence-corrected chi connectivity index (χ2v) is 5.53. The molecule has 2 nitrogen and oxygen atoms in total. The molecule has 0 aliphatic rings. The van der Waals surface area contributed by atoms with Crippen LogP contribution in [0.1, 0.15) is 56.0 Å². The first-order valence-corrected chi connectivity index (χ1v) is 8.26. The van der Waals surface area contributed by atoms with Crippen LogP contribution in [-0.4, -0.2) is 4.98 Å². The number of hydrogen-bond donors (Lipinski definition) is 0. The number of unbranched alkanes of at least 4 members (excludes halogenated alkanes) is 1. The zero-order valence-electron chi connectivity index (χ0n) is 13.8. The van der Waals surface area contributed by atoms with Gasteiger partial charge in [0.1, 0.15) is 11.8 Å². The van der Waals surface area contributed by atoms with Gasteiger partial charge >= 0.3 is 0 Å². The van der Waals surface area contributed by atoms with Crippen molar-refractivity contribution in [3.63, 3.8) is 0 Å². The van der Waals surface area contributed by atoms with Crippen LogP contribution in [0.2, 0.25) is 0 Å². The summed E-state index contributed by atoms with van der Waals surface area (Å²) >= 11 is 0. The van der Waals surface area contributed by atoms with Crippen LogP contribution < -0.4 is 0 Å². The first-order valence-electron chi connectivity index (χ1n) is 8.26. The number of aromatic nitrogens is 1. The minimum atomic E-state index is 0.596. The van der Waals surface area contributed by atoms with Crippen LogP contribution in [0, 0.1) is 11.3 Å². The highest BCUT2D eigenvalue weighted by Gasteiger charge is 2.18. The van der Waals surface area contributed by atoms with Gasteiger partial charge in [-0.3, -0.25) is 0 Å². The molecule has 22 heavy (non-hydrogen) atoms. The second kappa shape index (κ2) is 7.75. The van der Waals surface area contributed by atoms with Gasteiger partial charge in [0, 0.05) is 5.56 Å². The highest BCUT2D eigenvalue weighted by atomic mass is 14.7. The van der Waals surface area contributed by atoms with Crippen molar-refractivity contribution >= 4 is 0 Å². The molecular formula is C20H24N2. The lowest BCUT2D eigenvalue weighted by molar-refractivity contribution is 0.780. The SMILES string of the molecule is CCCCc1c(-c2ccccc2)nc(C#N)c(CC)c1CC. The molecule has 0 saturated heterocycles. The van der Waals surface area contributed by atoms with Crippen molar-refractivity contribution in [2.75, 3.05) is 0 Å². The number of hydrogen-bond acceptors (Lipinski definition) is 2. The minimum absolute atomic E-state index is 0.596. The number of benzene rings is 1. The van der Waals surface area contributed by atoms with Crippen LogP contribution in [0.3, 0.4) is 0 Å². The molecule has 0 aliphatic heterocycles. The zero-order chi connectivity index (χ0) is 15.9. The fourth-order valence-electron chi connectivity index (χ4n) is 3.07. The van der Waals surface area contributed by atoms with Crippen molar-refractivity contribution in [1.82, 2.24) is 4.98 Å². The van der Waals surface area contributed by atoms with E-state index in [0.717, 1.165) is 42.5 Å². The first kappa shape index (κ1) is 16.2. The van der Waals surface area contributed by atoms with Crippen molar-refractivity contribution in [2.45, 2.75) is 52.9 Å². The molecule has 1 aromatic heterocycles. The van der Waals surface area contributed by atoms with E-state index >= 15 is 0 Å². The highest BCUT2D eigenvalue weighted by molar-refractivity contribution is 5.67. The van der Waals surface area contributed by atoms with Crippen molar-refractivity contribution < 1.29 is 0 Å². The maximum absolute atomic E-state index is 9.50. The maximum atomic E-state index is 9.50. The molecule has 0 saturated carbocycles. The van der Waals surface area contributed by atoms with E-state index in [0.29, 0.717) is 5.69 Å². The predicted molar refractivity (Wildman–Crippen MR) is 91.8 cm³/mol. The Hall–Kier alpha value is -2.14. The van der Waals surface area contributed by atoms with Gasteiger partial charge < -0.3 is 0 Å². The summed E-state index contributed by atoms with van der Waals surface area (Å²) in [5.74, 6) is 0. The fraction of sp³-hybridized carbons (Fsp3) is 0.400. The molecule has 1 aromatic carbocycles. The van der Waals surface area contributed by atoms with Crippen molar-refractivity contribution in [3.05, 3.63) is 52.7 Å². The Balaban J connectivity index is 2.72. The summed E-state index contributed by atoms with van der Waals surface area (Å²) in [6, 6.07) is 12.6. The number of rotatable bonds is 6. The average Bonchev–Trinajstić information content (AvgIpc) is 2.59. The van der Waals surface area contributed by atoms with Gasteiger partial charge in [0.05, 0.1) is 5.69 Å². The molecule has 0 fully saturated rings. The summed E-state index contributed by atoms with van der Waals surface area (Å²) in [7, 11) is 0. The Morgan fingerprint density at radius 2 is 1.64 bits per heavy atom. The molecule has 0 N–H and O–H groups in total. The Labute approximate surface area is 133 Å². The summed E-state index contributed by atoms with van der Waals surface area (Å²) < 4.78 is 0. The third-order valence-electron chi connectivity index (χ3n) is 4.16. The Morgan fingerprint density at radius 1 is 0.955 bits per heavy atom. The molecule has 0 aliphatic carbocycles. The summed E-state index contributed by atoms with van der Waals surface area (Å²) in [6.07, 6.45) is 5.19. The van der Waals surface area contributed by atoms with Gasteiger partial charge in [-0.05, 0) is 42.4 Å². The van der Waals surface area contributed by atoms with Crippen LogP contribution in [0.4, 0.5) is 0 Å². The standard InChI is InChI=1S/C20H24N2/c1-4-7-13-18-16(5-2)17(6-3)19(14-21)22-20(18)15-11-9-8-10-12-15/h8-12H,4-7,13H2,1-3H3. The van der Waals surface area contributed by atoms with Gasteiger partial charge in [-0.1, -0.05) is 57.5 Å². The zero-order valence-corrected chi connectivity index (χ0v) is 13.8. The van der Waals surface area contributed by atoms with E-state index in [1.54, 1.807) is 0 Å². The van der Waals surface area contributed by atoms with Gasteiger partial charge in [-0.15, -0.1) is 0 Å². The predicted octanol–water partition coefficient (Wildman–Crippen LogP) is 5.09. The van der Waals surface area contributed by atoms with E-state index < -0.39 is 0 Å². The Kier molecular flexibility index (Phi) is 5.72. The largest absolute Gasteiger partial charge is 0.236 e. The molecular weight excluding hydrogens is 268 g/mol. The monoisotopic (exact) mass is 292 g/mol. The quantitative estimate of drug-likeness (QED) is 0.743. The van der Waals surface area contributed by atoms with Gasteiger partial charge in [0.15, 0.2) is 0 Å². The minimum Gasteiger partial charge on any atom is -0.236 e. The van der Waals surface area contributed by atoms with E-state index in [4.69, 9.17) is 4.98 Å². The van der Waals surface area contributed by atoms with E-state index in [1.165, 1.54) is 17.5 Å². The third-order valence-corrected chi connectivity index (χ3v) is 4.16. The lowest BCUT2D eigenvalue weighted by atomic mass is 9.90. The number of nitriles is 1. The molecule has 0 bridgehead atoms. The lowest BCUT2D eigenvalue weighted by Crippen LogP contribution is -2.08. The van der Waals surface area contributed by atoms with Crippen LogP contribution in [0.5, 0.6) is 0 Å². The van der Waals surface area contributed by atoms with Crippen LogP contribution >= 0.6 is 0 Å². The molecule has 0 atom stereocenters. The summed E-state index contributed by atoms with van der Waals surface area (Å²) in [5, 5.41) is 9.50. The molecule has 1 heterocycles. The normalized spacial score (nSPS) is 10.5. The van der Waals surface area contributed by atoms with Gasteiger partial charge in [-0.25, -0.2) is 4.98 Å². The van der Waals surface area contributed by atoms with Gasteiger partial charge in [0.2, 0.25) is 0 Å². The third kappa shape index (κ3) is 3.20. The average molecular weight is 292 g/mol. The summed E-state index contributed by atoms with van der Waals surface area (Å²) in [4.78, 5) is 4.73. The second-order valence-electron chi connectivity index (χ2n) is 5.53. The number of nitrogens with zero attached hydrogens (tertiary/aromatic N) is 2. The molecule has 114 valence electrons. The molecule has 0 amide bonds. The van der Waals surface area contributed by atoms with E-state index in [2.05, 4.69) is 39.0 Å². The van der Waals surface area contributed by atoms with Crippen molar-refractivity contribution in [3.8, 4) is 17.3 Å². The molecule has 2 heteroatoms. The topological polar surface area (TPSA) is 36.7 Å². The van der Waals surface area contributed by atoms with Crippen LogP contribution in [0.25, 0.3) is 11.3 Å². The van der Waals surface area contributed by atoms with Crippen LogP contribution in [-0.2, 0) is 19.3 Å². The smallest absolute Gasteiger partial charge is 0.144 e. The molecule has 0 spiro atoms. The van der Waals surface area contributed by atoms with Crippen molar-refractivity contribution in [1.29, 1.82) is 5.26 Å². The van der Waals surface area contributed by atoms with Crippen molar-refractivity contribution in [2.24, 2.45) is 0 Å². The lowest BCUT2D eigenvalue weighted by Gasteiger charge is -2.18. The first-order chi connectivity index (χ1) is 10.8. The van der Waals surface area contributed by atoms with Gasteiger partial charge in [-0.2, -0.15) is 5.26 Å². The molecule has 2 rings (SSSR count). The molecule has 0 radical (unpaired) electrons. The van der Waals surface area contributed by atoms with Gasteiger partial charge in [0.25, 0.3) is 0 Å². The highest BCUT2D eigenvalue weighted by Crippen LogP contribution is 2.30. The van der Waals surface area contributed by atoms with E-state index in [1.807, 2.05) is 18.2 Å². The maximum Gasteiger partial charge on any atom is 0.144 e. The molecule has 0 unspecified atom stereocenters. The van der Waals surface area contributed by atoms with Crippen LogP contribution in [0.15, 0.2) is 30.3 Å². The molecule has 2 aromatic rings. The summed E-state index contributed by atoms with van der Waals surface area (Å²) in [5.41, 5.74) is 6.52. The summed E-state index contributed by atoms with van der Waals surface area (Å²) in [6.45, 7) is 6.51. The fourth-order valence-corrected chi connectivity index (χ4v) is 3.07.